The van der Waals surface area contributed by atoms with E-state index in [9.17, 15) is 9.90 Å². The Bertz CT molecular complexity index is 487. The lowest BCUT2D eigenvalue weighted by Crippen LogP contribution is -2.58. The SMILES string of the molecule is CC(C[Si](C)(C)O[Si](C)(C)O[Si](C)(C)O[Si](C)(C)O[Si](C)(C)C)C(=O)O. The van der Waals surface area contributed by atoms with Crippen LogP contribution in [-0.4, -0.2) is 53.4 Å². The first-order valence-corrected chi connectivity index (χ1v) is 24.2. The molecule has 0 fully saturated rings. The predicted molar refractivity (Wildman–Crippen MR) is 119 cm³/mol. The second-order valence-electron chi connectivity index (χ2n) is 9.92. The predicted octanol–water partition coefficient (Wildman–Crippen LogP) is 4.92. The van der Waals surface area contributed by atoms with Crippen LogP contribution in [0.15, 0.2) is 0 Å². The van der Waals surface area contributed by atoms with Crippen molar-refractivity contribution in [1.82, 2.24) is 0 Å². The fourth-order valence-corrected chi connectivity index (χ4v) is 27.8. The minimum absolute atomic E-state index is 0.403. The van der Waals surface area contributed by atoms with Gasteiger partial charge in [0.2, 0.25) is 0 Å². The van der Waals surface area contributed by atoms with Crippen molar-refractivity contribution in [2.75, 3.05) is 0 Å². The van der Waals surface area contributed by atoms with Gasteiger partial charge in [0.1, 0.15) is 0 Å². The molecule has 11 heteroatoms. The molecule has 0 spiro atoms. The Balaban J connectivity index is 5.02. The van der Waals surface area contributed by atoms with Gasteiger partial charge in [-0.1, -0.05) is 6.92 Å². The number of aliphatic carboxylic acids is 1. The number of rotatable bonds is 11. The Labute approximate surface area is 165 Å². The first-order chi connectivity index (χ1) is 11.2. The highest BCUT2D eigenvalue weighted by molar-refractivity contribution is 6.90. The molecule has 0 saturated carbocycles. The summed E-state index contributed by atoms with van der Waals surface area (Å²) >= 11 is 0. The van der Waals surface area contributed by atoms with Crippen LogP contribution in [0.1, 0.15) is 6.92 Å². The lowest BCUT2D eigenvalue weighted by molar-refractivity contribution is -0.140. The molecule has 156 valence electrons. The molecule has 0 aromatic carbocycles. The summed E-state index contributed by atoms with van der Waals surface area (Å²) in [6.45, 7) is 24.7. The highest BCUT2D eigenvalue weighted by atomic mass is 28.5. The summed E-state index contributed by atoms with van der Waals surface area (Å²) in [6, 6.07) is 0.573. The van der Waals surface area contributed by atoms with Crippen LogP contribution in [0.2, 0.25) is 78.1 Å². The Hall–Kier alpha value is 0.394. The topological polar surface area (TPSA) is 74.2 Å². The van der Waals surface area contributed by atoms with Crippen LogP contribution in [0.5, 0.6) is 0 Å². The maximum absolute atomic E-state index is 11.2. The molecule has 1 atom stereocenters. The molecule has 0 radical (unpaired) electrons. The highest BCUT2D eigenvalue weighted by Crippen LogP contribution is 2.28. The van der Waals surface area contributed by atoms with Gasteiger partial charge in [-0.15, -0.1) is 0 Å². The van der Waals surface area contributed by atoms with Gasteiger partial charge in [-0.2, -0.15) is 0 Å². The molecule has 0 aromatic heterocycles. The average Bonchev–Trinajstić information content (AvgIpc) is 2.17. The number of hydrogen-bond donors (Lipinski definition) is 1. The van der Waals surface area contributed by atoms with E-state index >= 15 is 0 Å². The molecule has 1 unspecified atom stereocenters. The highest BCUT2D eigenvalue weighted by Gasteiger charge is 2.45. The molecular formula is C15H40O6Si5. The first kappa shape index (κ1) is 26.4. The molecule has 6 nitrogen and oxygen atoms in total. The van der Waals surface area contributed by atoms with E-state index in [0.29, 0.717) is 6.04 Å². The molecule has 0 saturated heterocycles. The number of hydrogen-bond acceptors (Lipinski definition) is 5. The summed E-state index contributed by atoms with van der Waals surface area (Å²) in [5, 5.41) is 9.18. The fourth-order valence-electron chi connectivity index (χ4n) is 3.52. The zero-order valence-electron chi connectivity index (χ0n) is 18.8. The molecule has 0 rings (SSSR count). The van der Waals surface area contributed by atoms with Gasteiger partial charge in [-0.25, -0.2) is 0 Å². The molecular weight excluding hydrogens is 417 g/mol. The van der Waals surface area contributed by atoms with Gasteiger partial charge >= 0.3 is 31.7 Å². The van der Waals surface area contributed by atoms with E-state index in [1.807, 2.05) is 26.2 Å². The van der Waals surface area contributed by atoms with Gasteiger partial charge in [0, 0.05) is 0 Å². The smallest absolute Gasteiger partial charge is 0.314 e. The van der Waals surface area contributed by atoms with Crippen molar-refractivity contribution < 1.29 is 26.4 Å². The van der Waals surface area contributed by atoms with Crippen LogP contribution in [-0.2, 0) is 21.3 Å². The normalized spacial score (nSPS) is 15.8. The van der Waals surface area contributed by atoms with E-state index in [1.54, 1.807) is 6.92 Å². The molecule has 0 amide bonds. The first-order valence-electron chi connectivity index (χ1n) is 9.19. The van der Waals surface area contributed by atoms with E-state index in [-0.39, 0.29) is 0 Å². The molecule has 0 aliphatic rings. The third-order valence-corrected chi connectivity index (χ3v) is 21.3. The Morgan fingerprint density at radius 2 is 1.08 bits per heavy atom. The zero-order valence-corrected chi connectivity index (χ0v) is 23.8. The Morgan fingerprint density at radius 1 is 0.731 bits per heavy atom. The van der Waals surface area contributed by atoms with Crippen molar-refractivity contribution in [2.24, 2.45) is 5.92 Å². The standard InChI is InChI=1S/C15H40O6Si5/c1-14(15(16)17)13-23(5,6)19-25(9,10)21-26(11,12)20-24(7,8)18-22(2,3)4/h14H,13H2,1-12H3,(H,16,17). The van der Waals surface area contributed by atoms with Crippen molar-refractivity contribution in [3.05, 3.63) is 0 Å². The van der Waals surface area contributed by atoms with Crippen LogP contribution in [0, 0.1) is 5.92 Å². The van der Waals surface area contributed by atoms with Crippen LogP contribution in [0.25, 0.3) is 0 Å². The van der Waals surface area contributed by atoms with Crippen molar-refractivity contribution in [3.63, 3.8) is 0 Å². The van der Waals surface area contributed by atoms with Gasteiger partial charge in [0.05, 0.1) is 5.92 Å². The summed E-state index contributed by atoms with van der Waals surface area (Å²) in [5.41, 5.74) is 0. The second-order valence-corrected chi connectivity index (χ2v) is 29.7. The summed E-state index contributed by atoms with van der Waals surface area (Å²) < 4.78 is 25.6. The third-order valence-electron chi connectivity index (χ3n) is 3.28. The molecule has 0 aliphatic heterocycles. The fraction of sp³-hybridized carbons (Fsp3) is 0.933. The van der Waals surface area contributed by atoms with Gasteiger partial charge in [0.25, 0.3) is 0 Å². The third kappa shape index (κ3) is 12.0. The van der Waals surface area contributed by atoms with Crippen LogP contribution < -0.4 is 0 Å². The quantitative estimate of drug-likeness (QED) is 0.445. The van der Waals surface area contributed by atoms with Gasteiger partial charge in [0.15, 0.2) is 16.6 Å². The molecule has 0 heterocycles. The molecule has 1 N–H and O–H groups in total. The lowest BCUT2D eigenvalue weighted by atomic mass is 10.2. The maximum atomic E-state index is 11.2. The van der Waals surface area contributed by atoms with Crippen molar-refractivity contribution in [1.29, 1.82) is 0 Å². The monoisotopic (exact) mass is 456 g/mol. The van der Waals surface area contributed by atoms with E-state index in [2.05, 4.69) is 45.8 Å². The molecule has 0 aliphatic carbocycles. The van der Waals surface area contributed by atoms with Gasteiger partial charge in [-0.05, 0) is 78.1 Å². The minimum atomic E-state index is -2.45. The van der Waals surface area contributed by atoms with Crippen LogP contribution in [0.4, 0.5) is 0 Å². The van der Waals surface area contributed by atoms with Gasteiger partial charge < -0.3 is 21.6 Å². The lowest BCUT2D eigenvalue weighted by Gasteiger charge is -2.42. The molecule has 0 aromatic rings. The van der Waals surface area contributed by atoms with E-state index in [0.717, 1.165) is 0 Å². The largest absolute Gasteiger partial charge is 0.481 e. The second kappa shape index (κ2) is 8.82. The van der Waals surface area contributed by atoms with E-state index < -0.39 is 54.2 Å². The number of carboxylic acids is 1. The van der Waals surface area contributed by atoms with Crippen molar-refractivity contribution in [3.8, 4) is 0 Å². The summed E-state index contributed by atoms with van der Waals surface area (Å²) in [4.78, 5) is 11.2. The Morgan fingerprint density at radius 3 is 1.42 bits per heavy atom. The van der Waals surface area contributed by atoms with Crippen molar-refractivity contribution in [2.45, 2.75) is 85.0 Å². The summed E-state index contributed by atoms with van der Waals surface area (Å²) in [7, 11) is -11.0. The molecule has 0 bridgehead atoms. The van der Waals surface area contributed by atoms with Crippen molar-refractivity contribution >= 4 is 48.3 Å². The maximum Gasteiger partial charge on any atom is 0.314 e. The average molecular weight is 457 g/mol. The minimum Gasteiger partial charge on any atom is -0.481 e. The van der Waals surface area contributed by atoms with Gasteiger partial charge in [-0.3, -0.25) is 4.79 Å². The molecule has 26 heavy (non-hydrogen) atoms. The number of carbonyl (C=O) groups is 1. The number of carboxylic acid groups (broad SMARTS) is 1. The summed E-state index contributed by atoms with van der Waals surface area (Å²) in [5.74, 6) is -1.18. The zero-order chi connectivity index (χ0) is 21.2. The van der Waals surface area contributed by atoms with Crippen LogP contribution >= 0.6 is 0 Å². The van der Waals surface area contributed by atoms with Crippen LogP contribution in [0.3, 0.4) is 0 Å². The Kier molecular flexibility index (Phi) is 8.95. The summed E-state index contributed by atoms with van der Waals surface area (Å²) in [6.07, 6.45) is 0. The van der Waals surface area contributed by atoms with E-state index in [1.165, 1.54) is 0 Å². The van der Waals surface area contributed by atoms with E-state index in [4.69, 9.17) is 16.5 Å².